The zero-order valence-electron chi connectivity index (χ0n) is 12.2. The summed E-state index contributed by atoms with van der Waals surface area (Å²) in [6, 6.07) is 4.09. The third-order valence-electron chi connectivity index (χ3n) is 4.30. The van der Waals surface area contributed by atoms with Gasteiger partial charge in [0.05, 0.1) is 13.2 Å². The summed E-state index contributed by atoms with van der Waals surface area (Å²) < 4.78 is 12.9. The summed E-state index contributed by atoms with van der Waals surface area (Å²) in [7, 11) is 0. The minimum absolute atomic E-state index is 0.0272. The van der Waals surface area contributed by atoms with Gasteiger partial charge in [-0.15, -0.1) is 0 Å². The van der Waals surface area contributed by atoms with E-state index in [-0.39, 0.29) is 11.0 Å². The van der Waals surface area contributed by atoms with Crippen molar-refractivity contribution in [1.82, 2.24) is 0 Å². The highest BCUT2D eigenvalue weighted by Gasteiger charge is 2.35. The molecule has 4 heteroatoms. The van der Waals surface area contributed by atoms with Crippen molar-refractivity contribution in [1.29, 1.82) is 0 Å². The lowest BCUT2D eigenvalue weighted by Crippen LogP contribution is -2.33. The fourth-order valence-electron chi connectivity index (χ4n) is 3.01. The first kappa shape index (κ1) is 14.2. The van der Waals surface area contributed by atoms with Crippen LogP contribution in [0.2, 0.25) is 0 Å². The quantitative estimate of drug-likeness (QED) is 0.841. The van der Waals surface area contributed by atoms with Gasteiger partial charge < -0.3 is 15.2 Å². The molecule has 2 N–H and O–H groups in total. The van der Waals surface area contributed by atoms with Crippen LogP contribution in [-0.4, -0.2) is 13.2 Å². The smallest absolute Gasteiger partial charge is 0.162 e. The second-order valence-electron chi connectivity index (χ2n) is 6.88. The molecule has 0 amide bonds. The van der Waals surface area contributed by atoms with Crippen molar-refractivity contribution in [3.63, 3.8) is 0 Å². The lowest BCUT2D eigenvalue weighted by atomic mass is 9.89. The van der Waals surface area contributed by atoms with Crippen LogP contribution in [0.5, 0.6) is 11.5 Å². The predicted molar refractivity (Wildman–Crippen MR) is 83.2 cm³/mol. The summed E-state index contributed by atoms with van der Waals surface area (Å²) in [6.07, 6.45) is 4.47. The van der Waals surface area contributed by atoms with Gasteiger partial charge in [-0.25, -0.2) is 0 Å². The molecule has 0 saturated heterocycles. The van der Waals surface area contributed by atoms with E-state index in [1.807, 2.05) is 6.07 Å². The molecule has 3 rings (SSSR count). The number of nitrogens with two attached hydrogens (primary N) is 1. The summed E-state index contributed by atoms with van der Waals surface area (Å²) in [6.45, 7) is 5.63. The van der Waals surface area contributed by atoms with Gasteiger partial charge in [-0.3, -0.25) is 0 Å². The molecule has 2 aliphatic rings. The maximum Gasteiger partial charge on any atom is 0.162 e. The Morgan fingerprint density at radius 2 is 1.60 bits per heavy atom. The maximum absolute atomic E-state index is 6.58. The van der Waals surface area contributed by atoms with Crippen LogP contribution in [0.3, 0.4) is 0 Å². The minimum atomic E-state index is -0.223. The molecule has 1 aromatic rings. The van der Waals surface area contributed by atoms with Crippen LogP contribution in [0, 0.1) is 5.41 Å². The van der Waals surface area contributed by atoms with Crippen LogP contribution < -0.4 is 15.2 Å². The SMILES string of the molecule is CC1(C)COc2cc(Br)c(C3(N)CCCC3)cc2OC1. The van der Waals surface area contributed by atoms with Gasteiger partial charge in [0.2, 0.25) is 0 Å². The van der Waals surface area contributed by atoms with Gasteiger partial charge in [0.1, 0.15) is 0 Å². The zero-order chi connectivity index (χ0) is 14.4. The number of benzene rings is 1. The molecule has 1 fully saturated rings. The first-order valence-corrected chi connectivity index (χ1v) is 8.08. The maximum atomic E-state index is 6.58. The van der Waals surface area contributed by atoms with Crippen LogP contribution in [0.1, 0.15) is 45.1 Å². The Morgan fingerprint density at radius 1 is 1.05 bits per heavy atom. The van der Waals surface area contributed by atoms with Crippen LogP contribution in [0.4, 0.5) is 0 Å². The molecule has 3 nitrogen and oxygen atoms in total. The molecule has 0 unspecified atom stereocenters. The van der Waals surface area contributed by atoms with Crippen molar-refractivity contribution in [3.05, 3.63) is 22.2 Å². The van der Waals surface area contributed by atoms with Crippen molar-refractivity contribution in [2.45, 2.75) is 45.1 Å². The molecule has 1 aliphatic carbocycles. The number of hydrogen-bond acceptors (Lipinski definition) is 3. The molecule has 0 radical (unpaired) electrons. The van der Waals surface area contributed by atoms with Crippen molar-refractivity contribution in [3.8, 4) is 11.5 Å². The number of rotatable bonds is 1. The number of fused-ring (bicyclic) bond motifs is 1. The van der Waals surface area contributed by atoms with Crippen LogP contribution in [0.25, 0.3) is 0 Å². The Bertz CT molecular complexity index is 521. The Morgan fingerprint density at radius 3 is 2.20 bits per heavy atom. The van der Waals surface area contributed by atoms with Crippen LogP contribution >= 0.6 is 15.9 Å². The third-order valence-corrected chi connectivity index (χ3v) is 4.96. The van der Waals surface area contributed by atoms with Gasteiger partial charge in [-0.1, -0.05) is 42.6 Å². The van der Waals surface area contributed by atoms with Crippen LogP contribution in [0.15, 0.2) is 16.6 Å². The molecule has 20 heavy (non-hydrogen) atoms. The van der Waals surface area contributed by atoms with E-state index in [0.717, 1.165) is 34.4 Å². The molecule has 1 aliphatic heterocycles. The third kappa shape index (κ3) is 2.56. The van der Waals surface area contributed by atoms with Crippen molar-refractivity contribution in [2.24, 2.45) is 11.1 Å². The number of hydrogen-bond donors (Lipinski definition) is 1. The van der Waals surface area contributed by atoms with E-state index in [9.17, 15) is 0 Å². The highest BCUT2D eigenvalue weighted by atomic mass is 79.9. The largest absolute Gasteiger partial charge is 0.489 e. The standard InChI is InChI=1S/C16H22BrNO2/c1-15(2)9-19-13-7-11(16(18)5-3-4-6-16)12(17)8-14(13)20-10-15/h7-8H,3-6,9-10,18H2,1-2H3. The summed E-state index contributed by atoms with van der Waals surface area (Å²) in [4.78, 5) is 0. The fraction of sp³-hybridized carbons (Fsp3) is 0.625. The molecule has 1 heterocycles. The van der Waals surface area contributed by atoms with Crippen molar-refractivity contribution in [2.75, 3.05) is 13.2 Å². The summed E-state index contributed by atoms with van der Waals surface area (Å²) in [5, 5.41) is 0. The normalized spacial score (nSPS) is 23.4. The zero-order valence-corrected chi connectivity index (χ0v) is 13.8. The molecular weight excluding hydrogens is 318 g/mol. The minimum Gasteiger partial charge on any atom is -0.489 e. The van der Waals surface area contributed by atoms with E-state index in [2.05, 4.69) is 35.8 Å². The Hall–Kier alpha value is -0.740. The van der Waals surface area contributed by atoms with E-state index in [1.165, 1.54) is 12.8 Å². The van der Waals surface area contributed by atoms with Gasteiger partial charge in [0.15, 0.2) is 11.5 Å². The number of halogens is 1. The topological polar surface area (TPSA) is 44.5 Å². The van der Waals surface area contributed by atoms with Gasteiger partial charge in [-0.2, -0.15) is 0 Å². The lowest BCUT2D eigenvalue weighted by molar-refractivity contribution is 0.140. The Labute approximate surface area is 129 Å². The summed E-state index contributed by atoms with van der Waals surface area (Å²) >= 11 is 3.66. The van der Waals surface area contributed by atoms with E-state index >= 15 is 0 Å². The van der Waals surface area contributed by atoms with Gasteiger partial charge in [0, 0.05) is 15.4 Å². The molecule has 110 valence electrons. The van der Waals surface area contributed by atoms with E-state index in [1.54, 1.807) is 0 Å². The predicted octanol–water partition coefficient (Wildman–Crippen LogP) is 3.97. The van der Waals surface area contributed by atoms with Crippen molar-refractivity contribution >= 4 is 15.9 Å². The summed E-state index contributed by atoms with van der Waals surface area (Å²) in [5.74, 6) is 1.64. The molecular formula is C16H22BrNO2. The Kier molecular flexibility index (Phi) is 3.49. The van der Waals surface area contributed by atoms with Gasteiger partial charge in [0.25, 0.3) is 0 Å². The monoisotopic (exact) mass is 339 g/mol. The molecule has 0 atom stereocenters. The first-order valence-electron chi connectivity index (χ1n) is 7.28. The lowest BCUT2D eigenvalue weighted by Gasteiger charge is -2.26. The Balaban J connectivity index is 1.98. The van der Waals surface area contributed by atoms with E-state index in [4.69, 9.17) is 15.2 Å². The fourth-order valence-corrected chi connectivity index (χ4v) is 3.72. The van der Waals surface area contributed by atoms with Crippen LogP contribution in [-0.2, 0) is 5.54 Å². The van der Waals surface area contributed by atoms with Gasteiger partial charge >= 0.3 is 0 Å². The molecule has 0 bridgehead atoms. The molecule has 0 spiro atoms. The number of ether oxygens (including phenoxy) is 2. The average molecular weight is 340 g/mol. The van der Waals surface area contributed by atoms with Gasteiger partial charge in [-0.05, 0) is 30.5 Å². The molecule has 1 aromatic carbocycles. The molecule has 0 aromatic heterocycles. The van der Waals surface area contributed by atoms with E-state index in [0.29, 0.717) is 13.2 Å². The average Bonchev–Trinajstić information content (AvgIpc) is 2.76. The first-order chi connectivity index (χ1) is 9.40. The van der Waals surface area contributed by atoms with Crippen molar-refractivity contribution < 1.29 is 9.47 Å². The highest BCUT2D eigenvalue weighted by Crippen LogP contribution is 2.45. The second-order valence-corrected chi connectivity index (χ2v) is 7.74. The molecule has 1 saturated carbocycles. The van der Waals surface area contributed by atoms with E-state index < -0.39 is 0 Å². The summed E-state index contributed by atoms with van der Waals surface area (Å²) in [5.41, 5.74) is 7.53. The second kappa shape index (κ2) is 4.92. The highest BCUT2D eigenvalue weighted by molar-refractivity contribution is 9.10.